The number of halogens is 2. The summed E-state index contributed by atoms with van der Waals surface area (Å²) >= 11 is 4.76. The van der Waals surface area contributed by atoms with Gasteiger partial charge in [0.1, 0.15) is 5.82 Å². The highest BCUT2D eigenvalue weighted by Crippen LogP contribution is 2.27. The smallest absolute Gasteiger partial charge is 0.192 e. The minimum atomic E-state index is -0.265. The molecule has 0 amide bonds. The maximum atomic E-state index is 13.3. The van der Waals surface area contributed by atoms with Crippen LogP contribution in [0.5, 0.6) is 0 Å². The lowest BCUT2D eigenvalue weighted by atomic mass is 10.2. The monoisotopic (exact) mass is 404 g/mol. The van der Waals surface area contributed by atoms with Crippen LogP contribution in [0.2, 0.25) is 0 Å². The van der Waals surface area contributed by atoms with Crippen LogP contribution in [0.1, 0.15) is 5.56 Å². The highest BCUT2D eigenvalue weighted by Gasteiger charge is 2.13. The molecule has 0 spiro atoms. The van der Waals surface area contributed by atoms with Crippen molar-refractivity contribution < 1.29 is 4.39 Å². The third kappa shape index (κ3) is 3.73. The van der Waals surface area contributed by atoms with Crippen LogP contribution in [0.15, 0.2) is 65.0 Å². The Bertz CT molecular complexity index is 851. The second kappa shape index (κ2) is 7.72. The topological polar surface area (TPSA) is 43.6 Å². The quantitative estimate of drug-likeness (QED) is 0.440. The number of nitrogens with zero attached hydrogens (tertiary/aromatic N) is 4. The first-order valence-corrected chi connectivity index (χ1v) is 8.98. The molecule has 0 aliphatic rings. The van der Waals surface area contributed by atoms with E-state index in [0.29, 0.717) is 16.8 Å². The Morgan fingerprint density at radius 2 is 2.00 bits per heavy atom. The van der Waals surface area contributed by atoms with E-state index in [1.165, 1.54) is 6.07 Å². The number of thioether (sulfide) groups is 1. The van der Waals surface area contributed by atoms with Crippen molar-refractivity contribution in [3.63, 3.8) is 0 Å². The Morgan fingerprint density at radius 1 is 1.21 bits per heavy atom. The first-order valence-electron chi connectivity index (χ1n) is 7.20. The molecule has 0 saturated carbocycles. The summed E-state index contributed by atoms with van der Waals surface area (Å²) in [6.07, 6.45) is 5.27. The Labute approximate surface area is 152 Å². The van der Waals surface area contributed by atoms with Gasteiger partial charge < -0.3 is 0 Å². The minimum absolute atomic E-state index is 0.265. The number of benzene rings is 1. The molecule has 2 aromatic heterocycles. The molecule has 7 heteroatoms. The number of pyridine rings is 1. The Hall–Kier alpha value is -1.99. The van der Waals surface area contributed by atoms with E-state index in [0.717, 1.165) is 22.1 Å². The molecular formula is C17H14BrFN4S. The van der Waals surface area contributed by atoms with Crippen LogP contribution < -0.4 is 0 Å². The summed E-state index contributed by atoms with van der Waals surface area (Å²) in [6, 6.07) is 8.80. The number of aromatic nitrogens is 4. The van der Waals surface area contributed by atoms with E-state index < -0.39 is 0 Å². The molecular weight excluding hydrogens is 391 g/mol. The summed E-state index contributed by atoms with van der Waals surface area (Å²) < 4.78 is 15.8. The van der Waals surface area contributed by atoms with Gasteiger partial charge >= 0.3 is 0 Å². The fraction of sp³-hybridized carbons (Fsp3) is 0.118. The summed E-state index contributed by atoms with van der Waals surface area (Å²) in [6.45, 7) is 4.42. The Balaban J connectivity index is 1.84. The van der Waals surface area contributed by atoms with Crippen LogP contribution in [-0.4, -0.2) is 19.7 Å². The van der Waals surface area contributed by atoms with Gasteiger partial charge in [-0.15, -0.1) is 16.8 Å². The summed E-state index contributed by atoms with van der Waals surface area (Å²) in [5.74, 6) is 1.18. The fourth-order valence-electron chi connectivity index (χ4n) is 2.18. The van der Waals surface area contributed by atoms with E-state index in [-0.39, 0.29) is 5.82 Å². The molecule has 0 atom stereocenters. The molecule has 2 heterocycles. The standard InChI is InChI=1S/C17H14BrFN4S/c1-2-9-23-16(13-5-7-20-8-6-13)21-22-17(23)24-11-12-3-4-15(19)14(18)10-12/h2-8,10H,1,9,11H2. The molecule has 0 radical (unpaired) electrons. The lowest BCUT2D eigenvalue weighted by Crippen LogP contribution is -2.00. The van der Waals surface area contributed by atoms with Gasteiger partial charge in [0.25, 0.3) is 0 Å². The van der Waals surface area contributed by atoms with Crippen molar-refractivity contribution in [3.8, 4) is 11.4 Å². The van der Waals surface area contributed by atoms with E-state index in [1.807, 2.05) is 22.8 Å². The highest BCUT2D eigenvalue weighted by atomic mass is 79.9. The number of hydrogen-bond acceptors (Lipinski definition) is 4. The van der Waals surface area contributed by atoms with Gasteiger partial charge in [-0.2, -0.15) is 0 Å². The molecule has 1 aromatic carbocycles. The predicted octanol–water partition coefficient (Wildman–Crippen LogP) is 4.72. The van der Waals surface area contributed by atoms with Gasteiger partial charge in [-0.3, -0.25) is 9.55 Å². The van der Waals surface area contributed by atoms with Gasteiger partial charge in [-0.25, -0.2) is 4.39 Å². The third-order valence-corrected chi connectivity index (χ3v) is 4.96. The zero-order valence-electron chi connectivity index (χ0n) is 12.7. The zero-order valence-corrected chi connectivity index (χ0v) is 15.1. The Morgan fingerprint density at radius 3 is 2.71 bits per heavy atom. The molecule has 0 bridgehead atoms. The van der Waals surface area contributed by atoms with Crippen LogP contribution in [-0.2, 0) is 12.3 Å². The molecule has 0 saturated heterocycles. The summed E-state index contributed by atoms with van der Waals surface area (Å²) in [5.41, 5.74) is 1.96. The fourth-order valence-corrected chi connectivity index (χ4v) is 3.50. The van der Waals surface area contributed by atoms with Crippen molar-refractivity contribution in [1.82, 2.24) is 19.7 Å². The lowest BCUT2D eigenvalue weighted by Gasteiger charge is -2.08. The predicted molar refractivity (Wildman–Crippen MR) is 97.1 cm³/mol. The second-order valence-electron chi connectivity index (χ2n) is 4.98. The van der Waals surface area contributed by atoms with Crippen LogP contribution in [0.3, 0.4) is 0 Å². The average molecular weight is 405 g/mol. The molecule has 24 heavy (non-hydrogen) atoms. The van der Waals surface area contributed by atoms with Crippen molar-refractivity contribution in [2.45, 2.75) is 17.5 Å². The van der Waals surface area contributed by atoms with Crippen molar-refractivity contribution in [1.29, 1.82) is 0 Å². The molecule has 0 fully saturated rings. The number of rotatable bonds is 6. The lowest BCUT2D eigenvalue weighted by molar-refractivity contribution is 0.620. The first kappa shape index (κ1) is 16.9. The molecule has 0 N–H and O–H groups in total. The zero-order chi connectivity index (χ0) is 16.9. The van der Waals surface area contributed by atoms with Crippen molar-refractivity contribution in [2.75, 3.05) is 0 Å². The molecule has 4 nitrogen and oxygen atoms in total. The average Bonchev–Trinajstić information content (AvgIpc) is 3.00. The number of allylic oxidation sites excluding steroid dienone is 1. The summed E-state index contributed by atoms with van der Waals surface area (Å²) in [5, 5.41) is 9.38. The third-order valence-electron chi connectivity index (χ3n) is 3.32. The van der Waals surface area contributed by atoms with E-state index in [4.69, 9.17) is 0 Å². The van der Waals surface area contributed by atoms with E-state index in [2.05, 4.69) is 37.7 Å². The van der Waals surface area contributed by atoms with Crippen LogP contribution in [0.4, 0.5) is 4.39 Å². The van der Waals surface area contributed by atoms with E-state index >= 15 is 0 Å². The second-order valence-corrected chi connectivity index (χ2v) is 6.78. The molecule has 0 unspecified atom stereocenters. The van der Waals surface area contributed by atoms with Crippen molar-refractivity contribution in [2.24, 2.45) is 0 Å². The largest absolute Gasteiger partial charge is 0.298 e. The molecule has 0 aliphatic carbocycles. The highest BCUT2D eigenvalue weighted by molar-refractivity contribution is 9.10. The van der Waals surface area contributed by atoms with Crippen LogP contribution >= 0.6 is 27.7 Å². The van der Waals surface area contributed by atoms with Gasteiger partial charge in [-0.1, -0.05) is 23.9 Å². The normalized spacial score (nSPS) is 10.8. The van der Waals surface area contributed by atoms with Gasteiger partial charge in [0.2, 0.25) is 0 Å². The van der Waals surface area contributed by atoms with Gasteiger partial charge in [-0.05, 0) is 45.8 Å². The molecule has 0 aliphatic heterocycles. The Kier molecular flexibility index (Phi) is 5.42. The first-order chi connectivity index (χ1) is 11.7. The molecule has 3 rings (SSSR count). The van der Waals surface area contributed by atoms with Gasteiger partial charge in [0.05, 0.1) is 4.47 Å². The summed E-state index contributed by atoms with van der Waals surface area (Å²) in [7, 11) is 0. The van der Waals surface area contributed by atoms with E-state index in [1.54, 1.807) is 36.3 Å². The summed E-state index contributed by atoms with van der Waals surface area (Å²) in [4.78, 5) is 4.03. The SMILES string of the molecule is C=CCn1c(SCc2ccc(F)c(Br)c2)nnc1-c1ccncc1. The van der Waals surface area contributed by atoms with E-state index in [9.17, 15) is 4.39 Å². The van der Waals surface area contributed by atoms with Gasteiger partial charge in [0, 0.05) is 30.3 Å². The van der Waals surface area contributed by atoms with Crippen molar-refractivity contribution in [3.05, 3.63) is 71.2 Å². The minimum Gasteiger partial charge on any atom is -0.298 e. The molecule has 3 aromatic rings. The van der Waals surface area contributed by atoms with Crippen LogP contribution in [0.25, 0.3) is 11.4 Å². The van der Waals surface area contributed by atoms with Gasteiger partial charge in [0.15, 0.2) is 11.0 Å². The molecule has 122 valence electrons. The van der Waals surface area contributed by atoms with Crippen LogP contribution in [0, 0.1) is 5.82 Å². The maximum absolute atomic E-state index is 13.3. The maximum Gasteiger partial charge on any atom is 0.192 e. The van der Waals surface area contributed by atoms with Crippen molar-refractivity contribution >= 4 is 27.7 Å². The number of hydrogen-bond donors (Lipinski definition) is 0.